The molecule has 222 valence electrons. The van der Waals surface area contributed by atoms with Gasteiger partial charge in [0, 0.05) is 16.1 Å². The van der Waals surface area contributed by atoms with Gasteiger partial charge in [-0.2, -0.15) is 0 Å². The molecule has 0 spiro atoms. The molecule has 43 heavy (non-hydrogen) atoms. The summed E-state index contributed by atoms with van der Waals surface area (Å²) in [5.41, 5.74) is 1.80. The minimum absolute atomic E-state index is 0.0873. The Morgan fingerprint density at radius 2 is 1.81 bits per heavy atom. The predicted octanol–water partition coefficient (Wildman–Crippen LogP) is 6.22. The number of rotatable bonds is 9. The highest BCUT2D eigenvalue weighted by Crippen LogP contribution is 2.34. The molecule has 1 atom stereocenters. The summed E-state index contributed by atoms with van der Waals surface area (Å²) in [7, 11) is 0. The van der Waals surface area contributed by atoms with Gasteiger partial charge in [-0.3, -0.25) is 9.36 Å². The molecule has 11 heteroatoms. The number of thiazole rings is 1. The van der Waals surface area contributed by atoms with Gasteiger partial charge in [0.25, 0.3) is 5.56 Å². The monoisotopic (exact) mass is 640 g/mol. The number of nitrogens with zero attached hydrogens (tertiary/aromatic N) is 2. The number of allylic oxidation sites excluding steroid dienone is 1. The molecule has 0 amide bonds. The molecule has 2 heterocycles. The van der Waals surface area contributed by atoms with Gasteiger partial charge in [-0.1, -0.05) is 64.9 Å². The van der Waals surface area contributed by atoms with Gasteiger partial charge in [0.15, 0.2) is 4.80 Å². The highest BCUT2D eigenvalue weighted by atomic mass is 35.5. The Morgan fingerprint density at radius 1 is 1.07 bits per heavy atom. The molecule has 0 radical (unpaired) electrons. The Bertz CT molecular complexity index is 1900. The van der Waals surface area contributed by atoms with Crippen molar-refractivity contribution in [2.24, 2.45) is 4.99 Å². The Balaban J connectivity index is 1.64. The molecular weight excluding hydrogens is 614 g/mol. The van der Waals surface area contributed by atoms with Crippen molar-refractivity contribution in [1.82, 2.24) is 4.57 Å². The van der Waals surface area contributed by atoms with Gasteiger partial charge in [-0.25, -0.2) is 14.2 Å². The van der Waals surface area contributed by atoms with Crippen LogP contribution in [0.25, 0.3) is 6.08 Å². The lowest BCUT2D eigenvalue weighted by Gasteiger charge is -2.24. The molecule has 0 bridgehead atoms. The van der Waals surface area contributed by atoms with Gasteiger partial charge in [-0.15, -0.1) is 0 Å². The van der Waals surface area contributed by atoms with Gasteiger partial charge in [-0.05, 0) is 62.7 Å². The molecule has 7 nitrogen and oxygen atoms in total. The van der Waals surface area contributed by atoms with E-state index in [0.29, 0.717) is 49.1 Å². The first-order valence-electron chi connectivity index (χ1n) is 13.5. The summed E-state index contributed by atoms with van der Waals surface area (Å²) in [4.78, 5) is 32.2. The van der Waals surface area contributed by atoms with E-state index in [1.165, 1.54) is 16.7 Å². The summed E-state index contributed by atoms with van der Waals surface area (Å²) in [6.07, 6.45) is 1.61. The van der Waals surface area contributed by atoms with E-state index in [4.69, 9.17) is 37.4 Å². The van der Waals surface area contributed by atoms with Gasteiger partial charge in [0.2, 0.25) is 0 Å². The lowest BCUT2D eigenvalue weighted by molar-refractivity contribution is -0.139. The molecule has 0 saturated carbocycles. The largest absolute Gasteiger partial charge is 0.494 e. The number of hydrogen-bond donors (Lipinski definition) is 0. The van der Waals surface area contributed by atoms with Crippen LogP contribution in [0, 0.1) is 5.82 Å². The zero-order valence-electron chi connectivity index (χ0n) is 23.5. The predicted molar refractivity (Wildman–Crippen MR) is 165 cm³/mol. The topological polar surface area (TPSA) is 79.1 Å². The second-order valence-corrected chi connectivity index (χ2v) is 11.3. The summed E-state index contributed by atoms with van der Waals surface area (Å²) in [6.45, 7) is 5.91. The highest BCUT2D eigenvalue weighted by molar-refractivity contribution is 7.07. The molecular formula is C32H27Cl2FN2O5S. The number of benzene rings is 3. The number of ether oxygens (including phenoxy) is 3. The summed E-state index contributed by atoms with van der Waals surface area (Å²) in [6, 6.07) is 15.8. The van der Waals surface area contributed by atoms with E-state index in [1.807, 2.05) is 19.1 Å². The van der Waals surface area contributed by atoms with Crippen LogP contribution >= 0.6 is 34.5 Å². The van der Waals surface area contributed by atoms with Crippen LogP contribution in [0.15, 0.2) is 81.7 Å². The lowest BCUT2D eigenvalue weighted by atomic mass is 9.96. The van der Waals surface area contributed by atoms with E-state index < -0.39 is 17.8 Å². The molecule has 0 saturated heterocycles. The van der Waals surface area contributed by atoms with Crippen molar-refractivity contribution in [2.45, 2.75) is 33.4 Å². The van der Waals surface area contributed by atoms with Crippen LogP contribution in [0.4, 0.5) is 4.39 Å². The molecule has 1 aliphatic heterocycles. The number of halogens is 3. The Kier molecular flexibility index (Phi) is 9.34. The fourth-order valence-corrected chi connectivity index (χ4v) is 6.37. The minimum Gasteiger partial charge on any atom is -0.494 e. The molecule has 1 aromatic heterocycles. The fourth-order valence-electron chi connectivity index (χ4n) is 4.77. The zero-order chi connectivity index (χ0) is 30.7. The SMILES string of the molecule is CCOC(=O)C1=C(C)N=c2s/c(=C\c3cc(Cl)cc(Cl)c3OCc3ccccc3F)c(=O)n2[C@H]1c1ccc(OCC)cc1. The van der Waals surface area contributed by atoms with Gasteiger partial charge >= 0.3 is 5.97 Å². The van der Waals surface area contributed by atoms with Crippen molar-refractivity contribution >= 4 is 46.6 Å². The van der Waals surface area contributed by atoms with Crippen LogP contribution < -0.4 is 24.4 Å². The Morgan fingerprint density at radius 3 is 2.51 bits per heavy atom. The summed E-state index contributed by atoms with van der Waals surface area (Å²) < 4.78 is 32.9. The maximum Gasteiger partial charge on any atom is 0.338 e. The van der Waals surface area contributed by atoms with Crippen molar-refractivity contribution in [3.63, 3.8) is 0 Å². The van der Waals surface area contributed by atoms with Crippen LogP contribution in [0.5, 0.6) is 11.5 Å². The normalized spacial score (nSPS) is 14.7. The summed E-state index contributed by atoms with van der Waals surface area (Å²) >= 11 is 14.0. The number of hydrogen-bond acceptors (Lipinski definition) is 7. The highest BCUT2D eigenvalue weighted by Gasteiger charge is 2.33. The van der Waals surface area contributed by atoms with Crippen molar-refractivity contribution in [3.8, 4) is 11.5 Å². The van der Waals surface area contributed by atoms with Crippen LogP contribution in [0.1, 0.15) is 43.5 Å². The molecule has 3 aromatic carbocycles. The van der Waals surface area contributed by atoms with E-state index in [0.717, 1.165) is 11.3 Å². The average Bonchev–Trinajstić information content (AvgIpc) is 3.27. The lowest BCUT2D eigenvalue weighted by Crippen LogP contribution is -2.39. The Hall–Kier alpha value is -3.92. The zero-order valence-corrected chi connectivity index (χ0v) is 25.9. The van der Waals surface area contributed by atoms with Crippen LogP contribution in [0.2, 0.25) is 10.0 Å². The molecule has 0 unspecified atom stereocenters. The van der Waals surface area contributed by atoms with Gasteiger partial charge in [0.05, 0.1) is 40.1 Å². The van der Waals surface area contributed by atoms with Gasteiger partial charge < -0.3 is 14.2 Å². The molecule has 1 aliphatic rings. The molecule has 0 aliphatic carbocycles. The van der Waals surface area contributed by atoms with Crippen LogP contribution in [0.3, 0.4) is 0 Å². The van der Waals surface area contributed by atoms with E-state index in [-0.39, 0.29) is 35.1 Å². The van der Waals surface area contributed by atoms with Gasteiger partial charge in [0.1, 0.15) is 23.9 Å². The van der Waals surface area contributed by atoms with Crippen molar-refractivity contribution in [1.29, 1.82) is 0 Å². The quantitative estimate of drug-likeness (QED) is 0.203. The Labute approximate surface area is 261 Å². The van der Waals surface area contributed by atoms with E-state index in [1.54, 1.807) is 56.3 Å². The first kappa shape index (κ1) is 30.5. The maximum atomic E-state index is 14.3. The molecule has 5 rings (SSSR count). The summed E-state index contributed by atoms with van der Waals surface area (Å²) in [5, 5.41) is 0.533. The van der Waals surface area contributed by atoms with Crippen LogP contribution in [-0.2, 0) is 16.1 Å². The first-order chi connectivity index (χ1) is 20.7. The molecule has 0 fully saturated rings. The second kappa shape index (κ2) is 13.2. The second-order valence-electron chi connectivity index (χ2n) is 9.49. The maximum absolute atomic E-state index is 14.3. The van der Waals surface area contributed by atoms with Crippen LogP contribution in [-0.4, -0.2) is 23.8 Å². The smallest absolute Gasteiger partial charge is 0.338 e. The third-order valence-corrected chi connectivity index (χ3v) is 8.16. The van der Waals surface area contributed by atoms with E-state index in [9.17, 15) is 14.0 Å². The number of esters is 1. The molecule has 0 N–H and O–H groups in total. The van der Waals surface area contributed by atoms with Crippen molar-refractivity contribution in [3.05, 3.63) is 124 Å². The summed E-state index contributed by atoms with van der Waals surface area (Å²) in [5.74, 6) is -0.0590. The van der Waals surface area contributed by atoms with E-state index >= 15 is 0 Å². The number of carbonyl (C=O) groups excluding carboxylic acids is 1. The molecule has 4 aromatic rings. The standard InChI is InChI=1S/C32H27Cl2FN2O5S/c1-4-40-23-12-10-19(11-13-23)28-27(31(39)41-5-2)18(3)36-32-37(28)30(38)26(43-32)15-21-14-22(33)16-24(34)29(21)42-17-20-8-6-7-9-25(20)35/h6-16,28H,4-5,17H2,1-3H3/b26-15-/t28-/m0/s1. The van der Waals surface area contributed by atoms with Crippen molar-refractivity contribution in [2.75, 3.05) is 13.2 Å². The number of fused-ring (bicyclic) bond motifs is 1. The minimum atomic E-state index is -0.784. The fraction of sp³-hybridized carbons (Fsp3) is 0.219. The third kappa shape index (κ3) is 6.39. The number of aromatic nitrogens is 1. The van der Waals surface area contributed by atoms with E-state index in [2.05, 4.69) is 4.99 Å². The first-order valence-corrected chi connectivity index (χ1v) is 15.1. The van der Waals surface area contributed by atoms with Crippen molar-refractivity contribution < 1.29 is 23.4 Å². The number of carbonyl (C=O) groups is 1. The average molecular weight is 642 g/mol. The third-order valence-electron chi connectivity index (χ3n) is 6.68.